The number of carbonyl (C=O) groups excluding carboxylic acids is 1. The Labute approximate surface area is 115 Å². The van der Waals surface area contributed by atoms with Crippen LogP contribution in [-0.2, 0) is 0 Å². The van der Waals surface area contributed by atoms with E-state index in [0.29, 0.717) is 20.9 Å². The smallest absolute Gasteiger partial charge is 0.264 e. The van der Waals surface area contributed by atoms with E-state index >= 15 is 0 Å². The molecular weight excluding hydrogens is 260 g/mol. The summed E-state index contributed by atoms with van der Waals surface area (Å²) in [6.07, 6.45) is 10.1. The molecule has 0 bridgehead atoms. The molecule has 6 heteroatoms. The Morgan fingerprint density at radius 3 is 2.95 bits per heavy atom. The predicted octanol–water partition coefficient (Wildman–Crippen LogP) is 1.81. The summed E-state index contributed by atoms with van der Waals surface area (Å²) in [5.41, 5.74) is 6.85. The predicted molar refractivity (Wildman–Crippen MR) is 76.8 cm³/mol. The first-order valence-corrected chi connectivity index (χ1v) is 6.75. The number of fused-ring (bicyclic) bond motifs is 1. The van der Waals surface area contributed by atoms with E-state index in [2.05, 4.69) is 21.2 Å². The average Bonchev–Trinajstić information content (AvgIpc) is 2.76. The second kappa shape index (κ2) is 5.67. The molecule has 0 aliphatic carbocycles. The molecule has 0 saturated heterocycles. The highest BCUT2D eigenvalue weighted by atomic mass is 32.1. The standard InChI is InChI=1S/C13H14N4OS/c1-3-5-8(4-2)17-12(18)11-9(14)10-13(19-11)16-7-6-15-10/h2,6-8H,3,5,14H2,1H3,(H,17,18). The summed E-state index contributed by atoms with van der Waals surface area (Å²) in [4.78, 5) is 21.5. The summed E-state index contributed by atoms with van der Waals surface area (Å²) in [7, 11) is 0. The van der Waals surface area contributed by atoms with Crippen LogP contribution in [0.1, 0.15) is 29.4 Å². The first-order chi connectivity index (χ1) is 9.17. The maximum absolute atomic E-state index is 12.1. The van der Waals surface area contributed by atoms with Gasteiger partial charge >= 0.3 is 0 Å². The summed E-state index contributed by atoms with van der Waals surface area (Å²) < 4.78 is 0. The minimum absolute atomic E-state index is 0.265. The summed E-state index contributed by atoms with van der Waals surface area (Å²) >= 11 is 1.22. The summed E-state index contributed by atoms with van der Waals surface area (Å²) in [5, 5.41) is 2.79. The van der Waals surface area contributed by atoms with Gasteiger partial charge in [0.05, 0.1) is 11.7 Å². The lowest BCUT2D eigenvalue weighted by atomic mass is 10.2. The lowest BCUT2D eigenvalue weighted by Crippen LogP contribution is -2.33. The number of amides is 1. The van der Waals surface area contributed by atoms with Gasteiger partial charge in [-0.3, -0.25) is 4.79 Å². The van der Waals surface area contributed by atoms with Crippen molar-refractivity contribution in [2.24, 2.45) is 0 Å². The van der Waals surface area contributed by atoms with Crippen LogP contribution in [-0.4, -0.2) is 21.9 Å². The van der Waals surface area contributed by atoms with Gasteiger partial charge in [0.15, 0.2) is 0 Å². The van der Waals surface area contributed by atoms with E-state index in [0.717, 1.165) is 12.8 Å². The van der Waals surface area contributed by atoms with Gasteiger partial charge in [0.25, 0.3) is 5.91 Å². The van der Waals surface area contributed by atoms with Gasteiger partial charge in [0.2, 0.25) is 0 Å². The van der Waals surface area contributed by atoms with Crippen molar-refractivity contribution < 1.29 is 4.79 Å². The molecule has 1 atom stereocenters. The third-order valence-electron chi connectivity index (χ3n) is 2.65. The lowest BCUT2D eigenvalue weighted by Gasteiger charge is -2.11. The van der Waals surface area contributed by atoms with E-state index in [4.69, 9.17) is 12.2 Å². The molecule has 0 saturated carbocycles. The Balaban J connectivity index is 2.27. The number of hydrogen-bond acceptors (Lipinski definition) is 5. The molecule has 19 heavy (non-hydrogen) atoms. The summed E-state index contributed by atoms with van der Waals surface area (Å²) in [6.45, 7) is 2.01. The lowest BCUT2D eigenvalue weighted by molar-refractivity contribution is 0.0949. The molecule has 2 rings (SSSR count). The Bertz CT molecular complexity index is 644. The van der Waals surface area contributed by atoms with Crippen LogP contribution < -0.4 is 11.1 Å². The number of nitrogens with two attached hydrogens (primary N) is 1. The number of anilines is 1. The van der Waals surface area contributed by atoms with Crippen LogP contribution in [0.2, 0.25) is 0 Å². The van der Waals surface area contributed by atoms with Crippen LogP contribution >= 0.6 is 11.3 Å². The summed E-state index contributed by atoms with van der Waals surface area (Å²) in [6, 6.07) is -0.275. The third kappa shape index (κ3) is 2.66. The van der Waals surface area contributed by atoms with Gasteiger partial charge in [-0.1, -0.05) is 19.3 Å². The first-order valence-electron chi connectivity index (χ1n) is 5.93. The van der Waals surface area contributed by atoms with E-state index in [1.54, 1.807) is 12.4 Å². The van der Waals surface area contributed by atoms with Crippen LogP contribution in [0, 0.1) is 12.3 Å². The first kappa shape index (κ1) is 13.3. The van der Waals surface area contributed by atoms with Crippen molar-refractivity contribution in [3.63, 3.8) is 0 Å². The molecule has 98 valence electrons. The van der Waals surface area contributed by atoms with E-state index < -0.39 is 0 Å². The largest absolute Gasteiger partial charge is 0.396 e. The summed E-state index contributed by atoms with van der Waals surface area (Å²) in [5.74, 6) is 2.29. The second-order valence-corrected chi connectivity index (χ2v) is 5.04. The number of nitrogens with zero attached hydrogens (tertiary/aromatic N) is 2. The molecule has 0 spiro atoms. The van der Waals surface area contributed by atoms with Crippen molar-refractivity contribution in [2.45, 2.75) is 25.8 Å². The number of terminal acetylenes is 1. The number of hydrogen-bond donors (Lipinski definition) is 2. The van der Waals surface area contributed by atoms with Crippen molar-refractivity contribution in [1.29, 1.82) is 0 Å². The molecule has 0 radical (unpaired) electrons. The highest BCUT2D eigenvalue weighted by molar-refractivity contribution is 7.21. The molecule has 0 fully saturated rings. The van der Waals surface area contributed by atoms with Crippen LogP contribution in [0.15, 0.2) is 12.4 Å². The minimum Gasteiger partial charge on any atom is -0.396 e. The minimum atomic E-state index is -0.275. The van der Waals surface area contributed by atoms with E-state index in [9.17, 15) is 4.79 Å². The third-order valence-corrected chi connectivity index (χ3v) is 3.75. The van der Waals surface area contributed by atoms with Gasteiger partial charge in [-0.15, -0.1) is 17.8 Å². The molecule has 0 aliphatic rings. The molecule has 1 amide bonds. The van der Waals surface area contributed by atoms with Crippen molar-refractivity contribution in [1.82, 2.24) is 15.3 Å². The number of aromatic nitrogens is 2. The zero-order chi connectivity index (χ0) is 13.8. The molecule has 2 aromatic rings. The van der Waals surface area contributed by atoms with Crippen LogP contribution in [0.5, 0.6) is 0 Å². The number of nitrogen functional groups attached to an aromatic ring is 1. The maximum Gasteiger partial charge on any atom is 0.264 e. The molecule has 3 N–H and O–H groups in total. The monoisotopic (exact) mass is 274 g/mol. The van der Waals surface area contributed by atoms with E-state index in [-0.39, 0.29) is 11.9 Å². The molecule has 2 aromatic heterocycles. The van der Waals surface area contributed by atoms with Crippen LogP contribution in [0.25, 0.3) is 10.3 Å². The van der Waals surface area contributed by atoms with E-state index in [1.165, 1.54) is 11.3 Å². The topological polar surface area (TPSA) is 80.9 Å². The van der Waals surface area contributed by atoms with Crippen molar-refractivity contribution in [3.8, 4) is 12.3 Å². The van der Waals surface area contributed by atoms with Gasteiger partial charge in [0.1, 0.15) is 15.2 Å². The van der Waals surface area contributed by atoms with Gasteiger partial charge in [-0.25, -0.2) is 9.97 Å². The number of nitrogens with one attached hydrogen (secondary N) is 1. The number of rotatable bonds is 4. The maximum atomic E-state index is 12.1. The van der Waals surface area contributed by atoms with Gasteiger partial charge in [0, 0.05) is 12.4 Å². The molecule has 5 nitrogen and oxygen atoms in total. The second-order valence-electron chi connectivity index (χ2n) is 4.04. The quantitative estimate of drug-likeness (QED) is 0.833. The fourth-order valence-electron chi connectivity index (χ4n) is 1.72. The highest BCUT2D eigenvalue weighted by Crippen LogP contribution is 2.30. The number of carbonyl (C=O) groups is 1. The normalized spacial score (nSPS) is 12.0. The highest BCUT2D eigenvalue weighted by Gasteiger charge is 2.19. The Morgan fingerprint density at radius 2 is 2.32 bits per heavy atom. The number of thiophene rings is 1. The van der Waals surface area contributed by atoms with Gasteiger partial charge in [-0.2, -0.15) is 0 Å². The van der Waals surface area contributed by atoms with Gasteiger partial charge in [-0.05, 0) is 6.42 Å². The zero-order valence-electron chi connectivity index (χ0n) is 10.5. The Hall–Kier alpha value is -2.13. The van der Waals surface area contributed by atoms with Crippen LogP contribution in [0.3, 0.4) is 0 Å². The Kier molecular flexibility index (Phi) is 3.97. The average molecular weight is 274 g/mol. The fourth-order valence-corrected chi connectivity index (χ4v) is 2.65. The van der Waals surface area contributed by atoms with Gasteiger partial charge < -0.3 is 11.1 Å². The molecule has 1 unspecified atom stereocenters. The van der Waals surface area contributed by atoms with Crippen molar-refractivity contribution >= 4 is 33.3 Å². The fraction of sp³-hybridized carbons (Fsp3) is 0.308. The molecule has 0 aliphatic heterocycles. The zero-order valence-corrected chi connectivity index (χ0v) is 11.3. The van der Waals surface area contributed by atoms with E-state index in [1.807, 2.05) is 6.92 Å². The SMILES string of the molecule is C#CC(CCC)NC(=O)c1sc2nccnc2c1N. The molecule has 0 aromatic carbocycles. The van der Waals surface area contributed by atoms with Crippen molar-refractivity contribution in [2.75, 3.05) is 5.73 Å². The van der Waals surface area contributed by atoms with Crippen molar-refractivity contribution in [3.05, 3.63) is 17.3 Å². The van der Waals surface area contributed by atoms with Crippen LogP contribution in [0.4, 0.5) is 5.69 Å². The Morgan fingerprint density at radius 1 is 1.58 bits per heavy atom. The molecule has 2 heterocycles. The molecular formula is C13H14N4OS.